The summed E-state index contributed by atoms with van der Waals surface area (Å²) in [6, 6.07) is 8.18. The Bertz CT molecular complexity index is 572. The van der Waals surface area contributed by atoms with Crippen molar-refractivity contribution in [3.05, 3.63) is 57.8 Å². The second kappa shape index (κ2) is 7.11. The van der Waals surface area contributed by atoms with Gasteiger partial charge in [-0.15, -0.1) is 11.3 Å². The molecule has 2 aromatic rings. The van der Waals surface area contributed by atoms with Crippen molar-refractivity contribution in [2.75, 3.05) is 13.6 Å². The van der Waals surface area contributed by atoms with Gasteiger partial charge in [0.05, 0.1) is 0 Å². The van der Waals surface area contributed by atoms with Crippen LogP contribution in [0.25, 0.3) is 0 Å². The van der Waals surface area contributed by atoms with E-state index >= 15 is 0 Å². The van der Waals surface area contributed by atoms with Crippen LogP contribution in [0.1, 0.15) is 23.4 Å². The zero-order valence-corrected chi connectivity index (χ0v) is 13.0. The van der Waals surface area contributed by atoms with Crippen LogP contribution < -0.4 is 5.73 Å². The topological polar surface area (TPSA) is 29.3 Å². The third-order valence-electron chi connectivity index (χ3n) is 3.83. The number of halogens is 2. The van der Waals surface area contributed by atoms with E-state index in [9.17, 15) is 8.78 Å². The number of nitrogens with zero attached hydrogens (tertiary/aromatic N) is 1. The summed E-state index contributed by atoms with van der Waals surface area (Å²) in [7, 11) is 1.90. The molecule has 2 rings (SSSR count). The molecule has 1 heterocycles. The van der Waals surface area contributed by atoms with E-state index in [-0.39, 0.29) is 18.6 Å². The van der Waals surface area contributed by atoms with Crippen LogP contribution in [-0.4, -0.2) is 24.5 Å². The number of rotatable bonds is 6. The molecular formula is C16H20F2N2S. The minimum absolute atomic E-state index is 0.180. The van der Waals surface area contributed by atoms with Crippen molar-refractivity contribution in [3.8, 4) is 0 Å². The van der Waals surface area contributed by atoms with Gasteiger partial charge in [-0.05, 0) is 37.9 Å². The minimum Gasteiger partial charge on any atom is -0.329 e. The summed E-state index contributed by atoms with van der Waals surface area (Å²) in [6.07, 6.45) is 0.863. The van der Waals surface area contributed by atoms with E-state index in [1.165, 1.54) is 10.9 Å². The maximum Gasteiger partial charge on any atom is 0.163 e. The largest absolute Gasteiger partial charge is 0.329 e. The molecule has 0 saturated heterocycles. The summed E-state index contributed by atoms with van der Waals surface area (Å²) in [5.41, 5.74) is 6.13. The predicted octanol–water partition coefficient (Wildman–Crippen LogP) is 3.59. The standard InChI is InChI=1S/C16H20F2N2S/c1-11(9-12-5-4-8-21-12)20(2)15(10-19)13-6-3-7-14(17)16(13)18/h3-8,11,15H,9-10,19H2,1-2H3. The number of likely N-dealkylation sites (N-methyl/N-ethyl adjacent to an activating group) is 1. The highest BCUT2D eigenvalue weighted by molar-refractivity contribution is 7.09. The molecule has 2 nitrogen and oxygen atoms in total. The van der Waals surface area contributed by atoms with Crippen LogP contribution in [0.15, 0.2) is 35.7 Å². The molecule has 2 N–H and O–H groups in total. The molecule has 0 aliphatic rings. The lowest BCUT2D eigenvalue weighted by atomic mass is 10.0. The number of hydrogen-bond donors (Lipinski definition) is 1. The summed E-state index contributed by atoms with van der Waals surface area (Å²) < 4.78 is 27.4. The smallest absolute Gasteiger partial charge is 0.163 e. The summed E-state index contributed by atoms with van der Waals surface area (Å²) in [5, 5.41) is 2.04. The van der Waals surface area contributed by atoms with Crippen LogP contribution in [0.5, 0.6) is 0 Å². The molecule has 2 atom stereocenters. The first-order valence-electron chi connectivity index (χ1n) is 6.93. The minimum atomic E-state index is -0.828. The van der Waals surface area contributed by atoms with Gasteiger partial charge in [0.2, 0.25) is 0 Å². The molecule has 0 amide bonds. The Balaban J connectivity index is 2.17. The maximum absolute atomic E-state index is 14.0. The lowest BCUT2D eigenvalue weighted by molar-refractivity contribution is 0.184. The third kappa shape index (κ3) is 3.67. The normalized spacial score (nSPS) is 14.4. The fourth-order valence-corrected chi connectivity index (χ4v) is 3.29. The maximum atomic E-state index is 14.0. The summed E-state index contributed by atoms with van der Waals surface area (Å²) in [4.78, 5) is 3.28. The molecule has 0 aliphatic carbocycles. The van der Waals surface area contributed by atoms with Gasteiger partial charge >= 0.3 is 0 Å². The van der Waals surface area contributed by atoms with Crippen molar-refractivity contribution in [1.82, 2.24) is 4.90 Å². The van der Waals surface area contributed by atoms with E-state index in [1.807, 2.05) is 23.4 Å². The Kier molecular flexibility index (Phi) is 5.45. The quantitative estimate of drug-likeness (QED) is 0.883. The van der Waals surface area contributed by atoms with Crippen molar-refractivity contribution in [3.63, 3.8) is 0 Å². The zero-order valence-electron chi connectivity index (χ0n) is 12.2. The van der Waals surface area contributed by atoms with Gasteiger partial charge in [-0.3, -0.25) is 4.90 Å². The number of thiophene rings is 1. The Morgan fingerprint density at radius 3 is 2.62 bits per heavy atom. The van der Waals surface area contributed by atoms with E-state index in [2.05, 4.69) is 13.0 Å². The van der Waals surface area contributed by atoms with Crippen molar-refractivity contribution >= 4 is 11.3 Å². The van der Waals surface area contributed by atoms with Gasteiger partial charge < -0.3 is 5.73 Å². The Morgan fingerprint density at radius 1 is 1.24 bits per heavy atom. The molecule has 1 aromatic heterocycles. The number of benzene rings is 1. The van der Waals surface area contributed by atoms with E-state index < -0.39 is 11.6 Å². The summed E-state index contributed by atoms with van der Waals surface area (Å²) in [6.45, 7) is 2.31. The van der Waals surface area contributed by atoms with Crippen molar-refractivity contribution < 1.29 is 8.78 Å². The van der Waals surface area contributed by atoms with Crippen molar-refractivity contribution in [2.24, 2.45) is 5.73 Å². The molecule has 0 fully saturated rings. The first-order chi connectivity index (χ1) is 10.0. The first-order valence-corrected chi connectivity index (χ1v) is 7.80. The molecule has 21 heavy (non-hydrogen) atoms. The number of hydrogen-bond acceptors (Lipinski definition) is 3. The van der Waals surface area contributed by atoms with Crippen LogP contribution >= 0.6 is 11.3 Å². The molecule has 114 valence electrons. The van der Waals surface area contributed by atoms with E-state index in [0.29, 0.717) is 5.56 Å². The van der Waals surface area contributed by atoms with Gasteiger partial charge in [-0.25, -0.2) is 8.78 Å². The monoisotopic (exact) mass is 310 g/mol. The van der Waals surface area contributed by atoms with Crippen LogP contribution in [0, 0.1) is 11.6 Å². The Hall–Kier alpha value is -1.30. The molecule has 2 unspecified atom stereocenters. The molecule has 0 spiro atoms. The molecule has 0 radical (unpaired) electrons. The van der Waals surface area contributed by atoms with Gasteiger partial charge in [0, 0.05) is 29.1 Å². The van der Waals surface area contributed by atoms with Gasteiger partial charge in [-0.1, -0.05) is 18.2 Å². The van der Waals surface area contributed by atoms with Gasteiger partial charge in [0.25, 0.3) is 0 Å². The summed E-state index contributed by atoms with van der Waals surface area (Å²) >= 11 is 1.70. The highest BCUT2D eigenvalue weighted by atomic mass is 32.1. The van der Waals surface area contributed by atoms with Gasteiger partial charge in [0.15, 0.2) is 11.6 Å². The average molecular weight is 310 g/mol. The molecule has 0 bridgehead atoms. The number of nitrogens with two attached hydrogens (primary N) is 1. The average Bonchev–Trinajstić information content (AvgIpc) is 2.97. The lowest BCUT2D eigenvalue weighted by Gasteiger charge is -2.33. The Morgan fingerprint density at radius 2 is 2.00 bits per heavy atom. The third-order valence-corrected chi connectivity index (χ3v) is 4.73. The molecular weight excluding hydrogens is 290 g/mol. The van der Waals surface area contributed by atoms with Crippen LogP contribution in [0.2, 0.25) is 0 Å². The molecule has 0 aliphatic heterocycles. The first kappa shape index (κ1) is 16.1. The van der Waals surface area contributed by atoms with Crippen molar-refractivity contribution in [1.29, 1.82) is 0 Å². The van der Waals surface area contributed by atoms with E-state index in [4.69, 9.17) is 5.73 Å². The molecule has 5 heteroatoms. The predicted molar refractivity (Wildman–Crippen MR) is 83.4 cm³/mol. The zero-order chi connectivity index (χ0) is 15.4. The van der Waals surface area contributed by atoms with Crippen molar-refractivity contribution in [2.45, 2.75) is 25.4 Å². The second-order valence-electron chi connectivity index (χ2n) is 5.19. The highest BCUT2D eigenvalue weighted by Crippen LogP contribution is 2.26. The second-order valence-corrected chi connectivity index (χ2v) is 6.22. The fourth-order valence-electron chi connectivity index (χ4n) is 2.46. The van der Waals surface area contributed by atoms with E-state index in [1.54, 1.807) is 17.4 Å². The SMILES string of the molecule is CC(Cc1cccs1)N(C)C(CN)c1cccc(F)c1F. The molecule has 0 saturated carbocycles. The fraction of sp³-hybridized carbons (Fsp3) is 0.375. The molecule has 1 aromatic carbocycles. The van der Waals surface area contributed by atoms with Gasteiger partial charge in [0.1, 0.15) is 0 Å². The Labute approximate surface area is 128 Å². The van der Waals surface area contributed by atoms with Crippen LogP contribution in [-0.2, 0) is 6.42 Å². The lowest BCUT2D eigenvalue weighted by Crippen LogP contribution is -2.38. The van der Waals surface area contributed by atoms with Crippen LogP contribution in [0.4, 0.5) is 8.78 Å². The van der Waals surface area contributed by atoms with Gasteiger partial charge in [-0.2, -0.15) is 0 Å². The van der Waals surface area contributed by atoms with Crippen LogP contribution in [0.3, 0.4) is 0 Å². The summed E-state index contributed by atoms with van der Waals surface area (Å²) in [5.74, 6) is -1.63. The van der Waals surface area contributed by atoms with E-state index in [0.717, 1.165) is 12.5 Å². The highest BCUT2D eigenvalue weighted by Gasteiger charge is 2.24.